The van der Waals surface area contributed by atoms with E-state index in [4.69, 9.17) is 14.5 Å². The Kier molecular flexibility index (Phi) is 10.3. The van der Waals surface area contributed by atoms with Crippen LogP contribution in [0.25, 0.3) is 22.0 Å². The molecule has 0 saturated heterocycles. The van der Waals surface area contributed by atoms with Gasteiger partial charge in [-0.3, -0.25) is 0 Å². The number of hydrogen-bond donors (Lipinski definition) is 3. The van der Waals surface area contributed by atoms with Gasteiger partial charge in [-0.25, -0.2) is 32.9 Å². The number of nitrogens with one attached hydrogen (secondary N) is 3. The molecule has 1 aliphatic rings. The van der Waals surface area contributed by atoms with Gasteiger partial charge < -0.3 is 20.1 Å². The summed E-state index contributed by atoms with van der Waals surface area (Å²) in [5.74, 6) is 1.32. The van der Waals surface area contributed by atoms with Gasteiger partial charge in [0.2, 0.25) is 21.9 Å². The van der Waals surface area contributed by atoms with Gasteiger partial charge in [0, 0.05) is 41.8 Å². The maximum Gasteiger partial charge on any atom is 0.407 e. The van der Waals surface area contributed by atoms with Gasteiger partial charge in [0.15, 0.2) is 0 Å². The van der Waals surface area contributed by atoms with Crippen LogP contribution in [-0.2, 0) is 21.3 Å². The van der Waals surface area contributed by atoms with Gasteiger partial charge in [0.1, 0.15) is 11.4 Å². The molecule has 1 saturated carbocycles. The van der Waals surface area contributed by atoms with Crippen LogP contribution in [0.15, 0.2) is 96.2 Å². The summed E-state index contributed by atoms with van der Waals surface area (Å²) in [6, 6.07) is 24.0. The van der Waals surface area contributed by atoms with Gasteiger partial charge in [0.25, 0.3) is 0 Å². The summed E-state index contributed by atoms with van der Waals surface area (Å²) in [5.41, 5.74) is 2.25. The molecule has 3 aromatic carbocycles. The summed E-state index contributed by atoms with van der Waals surface area (Å²) in [5, 5.41) is 7.62. The van der Waals surface area contributed by atoms with Crippen LogP contribution in [0.5, 0.6) is 11.6 Å². The van der Waals surface area contributed by atoms with Gasteiger partial charge in [-0.05, 0) is 88.8 Å². The van der Waals surface area contributed by atoms with Crippen molar-refractivity contribution in [3.05, 3.63) is 102 Å². The Morgan fingerprint density at radius 3 is 2.30 bits per heavy atom. The third kappa shape index (κ3) is 8.55. The summed E-state index contributed by atoms with van der Waals surface area (Å²) in [6.45, 7) is 7.55. The smallest absolute Gasteiger partial charge is 0.407 e. The van der Waals surface area contributed by atoms with Crippen molar-refractivity contribution >= 4 is 32.8 Å². The zero-order valence-corrected chi connectivity index (χ0v) is 29.5. The molecule has 11 nitrogen and oxygen atoms in total. The first-order valence-electron chi connectivity index (χ1n) is 16.7. The summed E-state index contributed by atoms with van der Waals surface area (Å²) < 4.78 is 41.8. The van der Waals surface area contributed by atoms with Crippen LogP contribution >= 0.6 is 0 Å². The maximum atomic E-state index is 13.6. The van der Waals surface area contributed by atoms with E-state index in [1.54, 1.807) is 30.6 Å². The Hall–Kier alpha value is -5.07. The summed E-state index contributed by atoms with van der Waals surface area (Å²) in [6.07, 6.45) is 6.26. The first-order valence-corrected chi connectivity index (χ1v) is 18.2. The largest absolute Gasteiger partial charge is 0.444 e. The van der Waals surface area contributed by atoms with Crippen LogP contribution in [0.4, 0.5) is 10.7 Å². The highest BCUT2D eigenvalue weighted by atomic mass is 32.2. The molecule has 6 rings (SSSR count). The number of carbonyl (C=O) groups excluding carboxylic acids is 1. The molecule has 1 amide bonds. The molecule has 12 heteroatoms. The minimum atomic E-state index is -3.85. The van der Waals surface area contributed by atoms with E-state index in [-0.39, 0.29) is 29.6 Å². The lowest BCUT2D eigenvalue weighted by Gasteiger charge is -2.30. The molecule has 0 aliphatic heterocycles. The van der Waals surface area contributed by atoms with Crippen molar-refractivity contribution in [1.29, 1.82) is 0 Å². The van der Waals surface area contributed by atoms with Crippen LogP contribution in [-0.4, -0.2) is 47.1 Å². The standard InChI is InChI=1S/C38H42N6O5S/c1-25-23-33(50(46,47)41-24-26-11-6-5-7-12-26)29-13-8-9-14-30(29)34(25)48-35-31(15-10-21-39-35)32-20-22-40-36(44-32)42-27-16-18-28(19-17-27)43-37(45)49-38(2,3)4/h5-15,20-23,27-28,41H,16-19,24H2,1-4H3,(H,43,45)(H,40,42,44). The third-order valence-electron chi connectivity index (χ3n) is 8.42. The molecule has 3 N–H and O–H groups in total. The number of rotatable bonds is 10. The molecule has 260 valence electrons. The fourth-order valence-corrected chi connectivity index (χ4v) is 7.35. The highest BCUT2D eigenvalue weighted by Gasteiger charge is 2.26. The lowest BCUT2D eigenvalue weighted by Crippen LogP contribution is -2.42. The zero-order chi connectivity index (χ0) is 35.3. The molecular formula is C38H42N6O5S. The fourth-order valence-electron chi connectivity index (χ4n) is 6.04. The minimum Gasteiger partial charge on any atom is -0.444 e. The average Bonchev–Trinajstić information content (AvgIpc) is 3.09. The molecule has 5 aromatic rings. The second-order valence-corrected chi connectivity index (χ2v) is 15.2. The molecule has 0 atom stereocenters. The normalized spacial score (nSPS) is 16.5. The second kappa shape index (κ2) is 14.8. The molecular weight excluding hydrogens is 653 g/mol. The minimum absolute atomic E-state index is 0.0597. The SMILES string of the molecule is Cc1cc(S(=O)(=O)NCc2ccccc2)c2ccccc2c1Oc1ncccc1-c1ccnc(NC2CCC(NC(=O)OC(C)(C)C)CC2)n1. The quantitative estimate of drug-likeness (QED) is 0.135. The molecule has 2 aromatic heterocycles. The molecule has 1 aliphatic carbocycles. The number of nitrogens with zero attached hydrogens (tertiary/aromatic N) is 3. The Bertz CT molecular complexity index is 2080. The highest BCUT2D eigenvalue weighted by molar-refractivity contribution is 7.89. The van der Waals surface area contributed by atoms with E-state index >= 15 is 0 Å². The molecule has 0 bridgehead atoms. The van der Waals surface area contributed by atoms with Crippen LogP contribution in [0.1, 0.15) is 57.6 Å². The maximum absolute atomic E-state index is 13.6. The number of aryl methyl sites for hydroxylation is 1. The van der Waals surface area contributed by atoms with Gasteiger partial charge in [-0.15, -0.1) is 0 Å². The summed E-state index contributed by atoms with van der Waals surface area (Å²) in [7, 11) is -3.85. The van der Waals surface area contributed by atoms with Gasteiger partial charge >= 0.3 is 6.09 Å². The number of aromatic nitrogens is 3. The lowest BCUT2D eigenvalue weighted by atomic mass is 9.91. The van der Waals surface area contributed by atoms with Gasteiger partial charge in [-0.2, -0.15) is 0 Å². The van der Waals surface area contributed by atoms with E-state index in [0.717, 1.165) is 31.2 Å². The van der Waals surface area contributed by atoms with Gasteiger partial charge in [0.05, 0.1) is 16.2 Å². The zero-order valence-electron chi connectivity index (χ0n) is 28.6. The second-order valence-electron chi connectivity index (χ2n) is 13.4. The molecule has 0 unspecified atom stereocenters. The van der Waals surface area contributed by atoms with Crippen molar-refractivity contribution < 1.29 is 22.7 Å². The number of amides is 1. The predicted octanol–water partition coefficient (Wildman–Crippen LogP) is 7.52. The number of anilines is 1. The van der Waals surface area contributed by atoms with Crippen LogP contribution in [0, 0.1) is 6.92 Å². The van der Waals surface area contributed by atoms with Crippen molar-refractivity contribution in [3.63, 3.8) is 0 Å². The fraction of sp³-hybridized carbons (Fsp3) is 0.316. The molecule has 50 heavy (non-hydrogen) atoms. The summed E-state index contributed by atoms with van der Waals surface area (Å²) in [4.78, 5) is 26.2. The Balaban J connectivity index is 1.19. The van der Waals surface area contributed by atoms with E-state index in [2.05, 4.69) is 25.3 Å². The Morgan fingerprint density at radius 2 is 1.56 bits per heavy atom. The number of pyridine rings is 1. The van der Waals surface area contributed by atoms with Crippen LogP contribution < -0.4 is 20.1 Å². The predicted molar refractivity (Wildman–Crippen MR) is 194 cm³/mol. The first kappa shape index (κ1) is 34.8. The summed E-state index contributed by atoms with van der Waals surface area (Å²) >= 11 is 0. The Labute approximate surface area is 292 Å². The van der Waals surface area contributed by atoms with Crippen LogP contribution in [0.2, 0.25) is 0 Å². The average molecular weight is 695 g/mol. The number of hydrogen-bond acceptors (Lipinski definition) is 9. The van der Waals surface area contributed by atoms with E-state index in [1.165, 1.54) is 0 Å². The van der Waals surface area contributed by atoms with E-state index in [1.807, 2.05) is 88.4 Å². The van der Waals surface area contributed by atoms with E-state index in [0.29, 0.717) is 45.2 Å². The number of ether oxygens (including phenoxy) is 2. The molecule has 0 radical (unpaired) electrons. The number of benzene rings is 3. The molecule has 2 heterocycles. The van der Waals surface area contributed by atoms with Crippen molar-refractivity contribution in [3.8, 4) is 22.9 Å². The Morgan fingerprint density at radius 1 is 0.860 bits per heavy atom. The topological polar surface area (TPSA) is 144 Å². The van der Waals surface area contributed by atoms with Crippen molar-refractivity contribution in [2.45, 2.75) is 82.5 Å². The van der Waals surface area contributed by atoms with Crippen molar-refractivity contribution in [2.24, 2.45) is 0 Å². The van der Waals surface area contributed by atoms with Crippen molar-refractivity contribution in [2.75, 3.05) is 5.32 Å². The highest BCUT2D eigenvalue weighted by Crippen LogP contribution is 2.39. The number of fused-ring (bicyclic) bond motifs is 1. The van der Waals surface area contributed by atoms with E-state index in [9.17, 15) is 13.2 Å². The lowest BCUT2D eigenvalue weighted by molar-refractivity contribution is 0.0492. The number of alkyl carbamates (subject to hydrolysis) is 1. The van der Waals surface area contributed by atoms with Gasteiger partial charge in [-0.1, -0.05) is 54.6 Å². The molecule has 0 spiro atoms. The third-order valence-corrected chi connectivity index (χ3v) is 9.87. The van der Waals surface area contributed by atoms with Crippen molar-refractivity contribution in [1.82, 2.24) is 25.0 Å². The monoisotopic (exact) mass is 694 g/mol. The number of sulfonamides is 1. The first-order chi connectivity index (χ1) is 23.9. The van der Waals surface area contributed by atoms with E-state index < -0.39 is 15.6 Å². The molecule has 1 fully saturated rings. The number of carbonyl (C=O) groups is 1. The van der Waals surface area contributed by atoms with Crippen LogP contribution in [0.3, 0.4) is 0 Å².